The first-order valence-electron chi connectivity index (χ1n) is 9.24. The van der Waals surface area contributed by atoms with Crippen molar-refractivity contribution in [3.05, 3.63) is 58.6 Å². The Hall–Kier alpha value is -2.53. The number of nitrogens with zero attached hydrogens (tertiary/aromatic N) is 1. The van der Waals surface area contributed by atoms with Crippen molar-refractivity contribution in [2.24, 2.45) is 0 Å². The molecule has 0 heterocycles. The molecule has 0 N–H and O–H groups in total. The number of hydrogen-bond donors (Lipinski definition) is 0. The van der Waals surface area contributed by atoms with E-state index < -0.39 is 5.54 Å². The molecular formula is C22H24ClNO4. The lowest BCUT2D eigenvalue weighted by molar-refractivity contribution is -0.132. The van der Waals surface area contributed by atoms with Crippen molar-refractivity contribution in [2.45, 2.75) is 31.2 Å². The van der Waals surface area contributed by atoms with Crippen molar-refractivity contribution < 1.29 is 19.1 Å². The monoisotopic (exact) mass is 401 g/mol. The van der Waals surface area contributed by atoms with Gasteiger partial charge < -0.3 is 14.4 Å². The van der Waals surface area contributed by atoms with Gasteiger partial charge in [-0.3, -0.25) is 9.59 Å². The second-order valence-electron chi connectivity index (χ2n) is 6.88. The van der Waals surface area contributed by atoms with Gasteiger partial charge in [-0.15, -0.1) is 0 Å². The summed E-state index contributed by atoms with van der Waals surface area (Å²) >= 11 is 6.48. The number of rotatable bonds is 5. The van der Waals surface area contributed by atoms with Crippen LogP contribution in [-0.4, -0.2) is 37.9 Å². The minimum Gasteiger partial charge on any atom is -0.493 e. The number of ether oxygens (including phenoxy) is 2. The van der Waals surface area contributed by atoms with E-state index in [-0.39, 0.29) is 11.7 Å². The summed E-state index contributed by atoms with van der Waals surface area (Å²) in [5.41, 5.74) is -0.0878. The number of methoxy groups -OCH3 is 2. The first-order valence-corrected chi connectivity index (χ1v) is 9.62. The summed E-state index contributed by atoms with van der Waals surface area (Å²) < 4.78 is 10.8. The fourth-order valence-electron chi connectivity index (χ4n) is 4.04. The Morgan fingerprint density at radius 1 is 1.07 bits per heavy atom. The highest BCUT2D eigenvalue weighted by molar-refractivity contribution is 6.31. The zero-order chi connectivity index (χ0) is 20.3. The molecule has 0 unspecified atom stereocenters. The molecule has 0 aromatic heterocycles. The standard InChI is InChI=1S/C22H24ClNO4/c1-24(21(26)15-9-8-12-18(27-2)20(15)28-3)22(14-7-6-13-19(22)25)16-10-4-5-11-17(16)23/h4-5,8-12H,6-7,13-14H2,1-3H3/t22-/m0/s1. The van der Waals surface area contributed by atoms with Crippen molar-refractivity contribution in [1.82, 2.24) is 4.90 Å². The highest BCUT2D eigenvalue weighted by Gasteiger charge is 2.48. The molecule has 6 heteroatoms. The number of likely N-dealkylation sites (N-methyl/N-ethyl adjacent to an activating group) is 1. The zero-order valence-electron chi connectivity index (χ0n) is 16.3. The van der Waals surface area contributed by atoms with E-state index in [2.05, 4.69) is 0 Å². The molecule has 1 aliphatic rings. The van der Waals surface area contributed by atoms with Crippen LogP contribution in [0.25, 0.3) is 0 Å². The molecule has 3 rings (SSSR count). The van der Waals surface area contributed by atoms with Gasteiger partial charge in [0.1, 0.15) is 5.54 Å². The predicted molar refractivity (Wildman–Crippen MR) is 108 cm³/mol. The smallest absolute Gasteiger partial charge is 0.258 e. The first-order chi connectivity index (χ1) is 13.5. The van der Waals surface area contributed by atoms with Gasteiger partial charge in [0.15, 0.2) is 17.3 Å². The molecule has 5 nitrogen and oxygen atoms in total. The van der Waals surface area contributed by atoms with Gasteiger partial charge in [0.05, 0.1) is 19.8 Å². The van der Waals surface area contributed by atoms with E-state index in [1.54, 1.807) is 31.3 Å². The van der Waals surface area contributed by atoms with E-state index in [4.69, 9.17) is 21.1 Å². The lowest BCUT2D eigenvalue weighted by Crippen LogP contribution is -2.54. The van der Waals surface area contributed by atoms with Crippen LogP contribution in [0.15, 0.2) is 42.5 Å². The third kappa shape index (κ3) is 3.24. The third-order valence-electron chi connectivity index (χ3n) is 5.48. The summed E-state index contributed by atoms with van der Waals surface area (Å²) in [7, 11) is 4.67. The van der Waals surface area contributed by atoms with Gasteiger partial charge in [0.2, 0.25) is 0 Å². The number of halogens is 1. The summed E-state index contributed by atoms with van der Waals surface area (Å²) in [4.78, 5) is 28.3. The van der Waals surface area contributed by atoms with Crippen LogP contribution in [-0.2, 0) is 10.3 Å². The Balaban J connectivity index is 2.14. The summed E-state index contributed by atoms with van der Waals surface area (Å²) in [5.74, 6) is 0.499. The maximum absolute atomic E-state index is 13.5. The van der Waals surface area contributed by atoms with E-state index in [0.717, 1.165) is 12.8 Å². The van der Waals surface area contributed by atoms with Gasteiger partial charge in [-0.1, -0.05) is 35.9 Å². The largest absolute Gasteiger partial charge is 0.493 e. The molecule has 148 valence electrons. The highest BCUT2D eigenvalue weighted by atomic mass is 35.5. The lowest BCUT2D eigenvalue weighted by atomic mass is 9.74. The average molecular weight is 402 g/mol. The van der Waals surface area contributed by atoms with Gasteiger partial charge >= 0.3 is 0 Å². The van der Waals surface area contributed by atoms with Crippen LogP contribution in [0.2, 0.25) is 5.02 Å². The molecule has 0 saturated heterocycles. The van der Waals surface area contributed by atoms with E-state index in [9.17, 15) is 9.59 Å². The van der Waals surface area contributed by atoms with Gasteiger partial charge in [0.25, 0.3) is 5.91 Å². The maximum atomic E-state index is 13.5. The minimum atomic E-state index is -1.10. The van der Waals surface area contributed by atoms with Crippen LogP contribution in [0.5, 0.6) is 11.5 Å². The summed E-state index contributed by atoms with van der Waals surface area (Å²) in [6, 6.07) is 12.4. The van der Waals surface area contributed by atoms with Gasteiger partial charge in [0, 0.05) is 24.1 Å². The van der Waals surface area contributed by atoms with Gasteiger partial charge in [-0.2, -0.15) is 0 Å². The zero-order valence-corrected chi connectivity index (χ0v) is 17.1. The first kappa shape index (κ1) is 20.2. The quantitative estimate of drug-likeness (QED) is 0.741. The fourth-order valence-corrected chi connectivity index (χ4v) is 4.33. The second-order valence-corrected chi connectivity index (χ2v) is 7.28. The van der Waals surface area contributed by atoms with Crippen molar-refractivity contribution in [1.29, 1.82) is 0 Å². The summed E-state index contributed by atoms with van der Waals surface area (Å²) in [6.45, 7) is 0. The number of carbonyl (C=O) groups is 2. The second kappa shape index (κ2) is 8.23. The molecular weight excluding hydrogens is 378 g/mol. The molecule has 1 atom stereocenters. The molecule has 2 aromatic rings. The fraction of sp³-hybridized carbons (Fsp3) is 0.364. The van der Waals surface area contributed by atoms with Crippen LogP contribution in [0.1, 0.15) is 41.6 Å². The highest BCUT2D eigenvalue weighted by Crippen LogP contribution is 2.43. The Bertz CT molecular complexity index is 898. The molecule has 1 fully saturated rings. The molecule has 2 aromatic carbocycles. The van der Waals surface area contributed by atoms with Crippen molar-refractivity contribution in [3.8, 4) is 11.5 Å². The van der Waals surface area contributed by atoms with Crippen molar-refractivity contribution in [3.63, 3.8) is 0 Å². The van der Waals surface area contributed by atoms with E-state index >= 15 is 0 Å². The number of para-hydroxylation sites is 1. The van der Waals surface area contributed by atoms with E-state index in [1.807, 2.05) is 18.2 Å². The average Bonchev–Trinajstić information content (AvgIpc) is 2.73. The Kier molecular flexibility index (Phi) is 5.94. The Morgan fingerprint density at radius 2 is 1.82 bits per heavy atom. The predicted octanol–water partition coefficient (Wildman–Crippen LogP) is 4.47. The number of benzene rings is 2. The minimum absolute atomic E-state index is 0.00422. The van der Waals surface area contributed by atoms with E-state index in [1.165, 1.54) is 19.1 Å². The van der Waals surface area contributed by atoms with Crippen LogP contribution < -0.4 is 9.47 Å². The normalized spacial score (nSPS) is 19.2. The lowest BCUT2D eigenvalue weighted by Gasteiger charge is -2.44. The van der Waals surface area contributed by atoms with Crippen LogP contribution in [0.3, 0.4) is 0 Å². The molecule has 1 aliphatic carbocycles. The van der Waals surface area contributed by atoms with Crippen molar-refractivity contribution >= 4 is 23.3 Å². The number of amides is 1. The number of Topliss-reactive ketones (excluding diaryl/α,β-unsaturated/α-hetero) is 1. The van der Waals surface area contributed by atoms with Crippen LogP contribution in [0, 0.1) is 0 Å². The summed E-state index contributed by atoms with van der Waals surface area (Å²) in [6.07, 6.45) is 2.60. The van der Waals surface area contributed by atoms with Crippen LogP contribution in [0.4, 0.5) is 0 Å². The molecule has 1 saturated carbocycles. The van der Waals surface area contributed by atoms with Crippen molar-refractivity contribution in [2.75, 3.05) is 21.3 Å². The number of ketones is 1. The van der Waals surface area contributed by atoms with Crippen LogP contribution >= 0.6 is 11.6 Å². The molecule has 0 aliphatic heterocycles. The van der Waals surface area contributed by atoms with Gasteiger partial charge in [-0.05, 0) is 37.5 Å². The SMILES string of the molecule is COc1cccc(C(=O)N(C)[C@]2(c3ccccc3Cl)CCCCC2=O)c1OC. The topological polar surface area (TPSA) is 55.8 Å². The molecule has 0 spiro atoms. The molecule has 28 heavy (non-hydrogen) atoms. The number of carbonyl (C=O) groups excluding carboxylic acids is 2. The number of hydrogen-bond acceptors (Lipinski definition) is 4. The molecule has 0 bridgehead atoms. The molecule has 1 amide bonds. The maximum Gasteiger partial charge on any atom is 0.258 e. The summed E-state index contributed by atoms with van der Waals surface area (Å²) in [5, 5.41) is 0.481. The van der Waals surface area contributed by atoms with E-state index in [0.29, 0.717) is 40.5 Å². The third-order valence-corrected chi connectivity index (χ3v) is 5.81. The Labute approximate surface area is 170 Å². The Morgan fingerprint density at radius 3 is 2.46 bits per heavy atom. The molecule has 0 radical (unpaired) electrons. The van der Waals surface area contributed by atoms with Gasteiger partial charge in [-0.25, -0.2) is 0 Å².